The van der Waals surface area contributed by atoms with Gasteiger partial charge in [0.25, 0.3) is 0 Å². The number of carbonyl (C=O) groups excluding carboxylic acids is 2. The van der Waals surface area contributed by atoms with E-state index in [0.717, 1.165) is 0 Å². The van der Waals surface area contributed by atoms with E-state index in [2.05, 4.69) is 5.32 Å². The van der Waals surface area contributed by atoms with Gasteiger partial charge in [-0.25, -0.2) is 4.39 Å². The largest absolute Gasteiger partial charge is 0.462 e. The zero-order valence-corrected chi connectivity index (χ0v) is 32.1. The summed E-state index contributed by atoms with van der Waals surface area (Å²) in [5.74, 6) is -2.27. The van der Waals surface area contributed by atoms with Crippen molar-refractivity contribution in [2.24, 2.45) is 22.9 Å². The number of nitrogens with one attached hydrogen (secondary N) is 1. The smallest absolute Gasteiger partial charge is 0.316 e. The van der Waals surface area contributed by atoms with Gasteiger partial charge >= 0.3 is 5.97 Å². The van der Waals surface area contributed by atoms with E-state index in [0.29, 0.717) is 16.7 Å². The lowest BCUT2D eigenvalue weighted by Crippen LogP contribution is -2.69. The second-order valence-electron chi connectivity index (χ2n) is 15.4. The average molecular weight is 826 g/mol. The Morgan fingerprint density at radius 1 is 0.862 bits per heavy atom. The van der Waals surface area contributed by atoms with Crippen LogP contribution in [0.15, 0.2) is 48.5 Å². The van der Waals surface area contributed by atoms with Crippen molar-refractivity contribution in [3.05, 3.63) is 59.9 Å². The predicted octanol–water partition coefficient (Wildman–Crippen LogP) is -4.09. The molecule has 16 atom stereocenters. The number of aliphatic hydroxyl groups excluding tert-OH is 7. The van der Waals surface area contributed by atoms with Crippen LogP contribution in [0.25, 0.3) is 11.1 Å². The van der Waals surface area contributed by atoms with Crippen molar-refractivity contribution < 1.29 is 73.4 Å². The van der Waals surface area contributed by atoms with Gasteiger partial charge in [0.1, 0.15) is 79.6 Å². The Morgan fingerprint density at radius 3 is 2.14 bits per heavy atom. The quantitative estimate of drug-likeness (QED) is 0.0806. The molecule has 2 heterocycles. The maximum absolute atomic E-state index is 15.2. The van der Waals surface area contributed by atoms with Crippen LogP contribution >= 0.6 is 0 Å². The van der Waals surface area contributed by atoms with Crippen LogP contribution in [0.4, 0.5) is 4.39 Å². The topological polar surface area (TPSA) is 338 Å². The first-order valence-corrected chi connectivity index (χ1v) is 19.0. The Balaban J connectivity index is 1.32. The Bertz CT molecular complexity index is 1680. The zero-order chi connectivity index (χ0) is 42.6. The van der Waals surface area contributed by atoms with Gasteiger partial charge in [0.2, 0.25) is 5.91 Å². The van der Waals surface area contributed by atoms with Crippen LogP contribution in [0.2, 0.25) is 0 Å². The molecule has 0 bridgehead atoms. The standard InChI is InChI=1S/C38H56FN5O14/c1-38(2,17-8-9-18(19(39)12-17)16-6-4-3-5-7-16)37(53)54-15-24-26(46)25(43)28(48)35(56-24)58-33-21(44-34(52)22(45)10-11-40)13-20(42)32(31(33)51)57-36-30(50)29(49)27(47)23(14-41)55-36/h3-9,12,20-33,35-36,45-51H,10-11,13-15,40-43H2,1-2H3,(H,44,52). The molecule has 1 aliphatic carbocycles. The van der Waals surface area contributed by atoms with Crippen molar-refractivity contribution in [3.63, 3.8) is 0 Å². The average Bonchev–Trinajstić information content (AvgIpc) is 3.20. The van der Waals surface area contributed by atoms with Gasteiger partial charge in [-0.2, -0.15) is 0 Å². The molecule has 2 aromatic rings. The van der Waals surface area contributed by atoms with E-state index in [1.54, 1.807) is 42.5 Å². The Labute approximate surface area is 333 Å². The van der Waals surface area contributed by atoms with Gasteiger partial charge in [-0.15, -0.1) is 0 Å². The van der Waals surface area contributed by atoms with Crippen molar-refractivity contribution >= 4 is 11.9 Å². The predicted molar refractivity (Wildman–Crippen MR) is 200 cm³/mol. The SMILES string of the molecule is CC(C)(C(=O)OCC1OC(OC2C(NC(=O)C(O)CCN)CC(N)C(OC3OC(CN)C(O)C(O)C3O)C2O)C(O)C(N)C1O)c1ccc(-c2ccccc2)c(F)c1. The molecule has 3 fully saturated rings. The highest BCUT2D eigenvalue weighted by Crippen LogP contribution is 2.34. The second-order valence-corrected chi connectivity index (χ2v) is 15.4. The van der Waals surface area contributed by atoms with Crippen LogP contribution in [0, 0.1) is 5.82 Å². The van der Waals surface area contributed by atoms with Crippen LogP contribution in [0.5, 0.6) is 0 Å². The molecular weight excluding hydrogens is 769 g/mol. The molecule has 0 spiro atoms. The van der Waals surface area contributed by atoms with Crippen molar-refractivity contribution in [1.82, 2.24) is 5.32 Å². The van der Waals surface area contributed by atoms with E-state index in [1.807, 2.05) is 0 Å². The fourth-order valence-electron chi connectivity index (χ4n) is 7.27. The Morgan fingerprint density at radius 2 is 1.50 bits per heavy atom. The summed E-state index contributed by atoms with van der Waals surface area (Å²) in [6, 6.07) is 9.45. The molecule has 16 unspecified atom stereocenters. The van der Waals surface area contributed by atoms with Crippen LogP contribution < -0.4 is 28.3 Å². The summed E-state index contributed by atoms with van der Waals surface area (Å²) >= 11 is 0. The Hall–Kier alpha value is -3.29. The fourth-order valence-corrected chi connectivity index (χ4v) is 7.27. The van der Waals surface area contributed by atoms with Gasteiger partial charge in [-0.05, 0) is 50.4 Å². The molecule has 58 heavy (non-hydrogen) atoms. The van der Waals surface area contributed by atoms with Gasteiger partial charge in [0.15, 0.2) is 12.6 Å². The molecule has 2 aliphatic heterocycles. The minimum absolute atomic E-state index is 0.0335. The number of rotatable bonds is 14. The number of nitrogens with two attached hydrogens (primary N) is 4. The maximum atomic E-state index is 15.2. The fraction of sp³-hybridized carbons (Fsp3) is 0.632. The van der Waals surface area contributed by atoms with E-state index in [9.17, 15) is 45.3 Å². The lowest BCUT2D eigenvalue weighted by molar-refractivity contribution is -0.332. The van der Waals surface area contributed by atoms with Gasteiger partial charge in [-0.1, -0.05) is 42.5 Å². The van der Waals surface area contributed by atoms with Gasteiger partial charge in [-0.3, -0.25) is 9.59 Å². The summed E-state index contributed by atoms with van der Waals surface area (Å²) in [7, 11) is 0. The number of halogens is 1. The molecule has 5 rings (SSSR count). The van der Waals surface area contributed by atoms with Crippen LogP contribution in [0.1, 0.15) is 32.3 Å². The van der Waals surface area contributed by atoms with E-state index in [1.165, 1.54) is 19.9 Å². The highest BCUT2D eigenvalue weighted by Gasteiger charge is 2.53. The first-order valence-electron chi connectivity index (χ1n) is 19.0. The summed E-state index contributed by atoms with van der Waals surface area (Å²) in [5.41, 5.74) is 23.6. The van der Waals surface area contributed by atoms with E-state index >= 15 is 4.39 Å². The third-order valence-corrected chi connectivity index (χ3v) is 11.0. The second kappa shape index (κ2) is 19.4. The maximum Gasteiger partial charge on any atom is 0.316 e. The molecule has 324 valence electrons. The number of ether oxygens (including phenoxy) is 5. The summed E-state index contributed by atoms with van der Waals surface area (Å²) in [5, 5.41) is 77.9. The van der Waals surface area contributed by atoms with Crippen molar-refractivity contribution in [1.29, 1.82) is 0 Å². The van der Waals surface area contributed by atoms with Gasteiger partial charge < -0.3 is 87.7 Å². The van der Waals surface area contributed by atoms with Gasteiger partial charge in [0.05, 0.1) is 17.5 Å². The summed E-state index contributed by atoms with van der Waals surface area (Å²) in [6.07, 6.45) is -21.2. The number of benzene rings is 2. The molecule has 3 aliphatic rings. The molecule has 0 aromatic heterocycles. The van der Waals surface area contributed by atoms with Gasteiger partial charge in [0, 0.05) is 18.2 Å². The molecule has 2 aromatic carbocycles. The molecule has 16 N–H and O–H groups in total. The van der Waals surface area contributed by atoms with E-state index in [4.69, 9.17) is 46.6 Å². The van der Waals surface area contributed by atoms with E-state index in [-0.39, 0.29) is 25.9 Å². The first-order chi connectivity index (χ1) is 27.4. The normalized spacial score (nSPS) is 36.2. The van der Waals surface area contributed by atoms with Crippen molar-refractivity contribution in [3.8, 4) is 11.1 Å². The Kier molecular flexibility index (Phi) is 15.3. The highest BCUT2D eigenvalue weighted by atomic mass is 19.1. The number of esters is 1. The van der Waals surface area contributed by atoms with Crippen LogP contribution in [-0.2, 0) is 38.7 Å². The van der Waals surface area contributed by atoms with Crippen molar-refractivity contribution in [2.75, 3.05) is 19.7 Å². The molecule has 0 radical (unpaired) electrons. The lowest BCUT2D eigenvalue weighted by atomic mass is 9.83. The molecule has 1 saturated carbocycles. The number of amides is 1. The third-order valence-electron chi connectivity index (χ3n) is 11.0. The molecular formula is C38H56FN5O14. The molecule has 19 nitrogen and oxygen atoms in total. The highest BCUT2D eigenvalue weighted by molar-refractivity contribution is 5.82. The zero-order valence-electron chi connectivity index (χ0n) is 32.1. The molecule has 20 heteroatoms. The summed E-state index contributed by atoms with van der Waals surface area (Å²) in [4.78, 5) is 26.4. The minimum Gasteiger partial charge on any atom is -0.462 e. The third kappa shape index (κ3) is 9.84. The van der Waals surface area contributed by atoms with Crippen LogP contribution in [0.3, 0.4) is 0 Å². The molecule has 1 amide bonds. The summed E-state index contributed by atoms with van der Waals surface area (Å²) < 4.78 is 44.1. The minimum atomic E-state index is -1.82. The number of hydrogen-bond acceptors (Lipinski definition) is 18. The lowest BCUT2D eigenvalue weighted by Gasteiger charge is -2.49. The van der Waals surface area contributed by atoms with E-state index < -0.39 is 128 Å². The summed E-state index contributed by atoms with van der Waals surface area (Å²) in [6.45, 7) is 2.13. The first kappa shape index (κ1) is 45.8. The number of aliphatic hydroxyl groups is 7. The van der Waals surface area contributed by atoms with Crippen molar-refractivity contribution in [2.45, 2.75) is 130 Å². The monoisotopic (exact) mass is 825 g/mol. The number of carbonyl (C=O) groups is 2. The molecule has 2 saturated heterocycles. The number of hydrogen-bond donors (Lipinski definition) is 12. The van der Waals surface area contributed by atoms with Crippen LogP contribution in [-0.4, -0.2) is 165 Å².